The van der Waals surface area contributed by atoms with Crippen molar-refractivity contribution in [3.05, 3.63) is 24.3 Å². The van der Waals surface area contributed by atoms with Gasteiger partial charge in [-0.25, -0.2) is 4.68 Å². The minimum absolute atomic E-state index is 0.0529. The molecular formula is C25H33N5O6. The average molecular weight is 500 g/mol. The molecule has 36 heavy (non-hydrogen) atoms. The zero-order chi connectivity index (χ0) is 25.6. The van der Waals surface area contributed by atoms with Crippen LogP contribution in [0.25, 0.3) is 11.0 Å². The predicted molar refractivity (Wildman–Crippen MR) is 127 cm³/mol. The Labute approximate surface area is 209 Å². The van der Waals surface area contributed by atoms with Crippen molar-refractivity contribution in [1.29, 1.82) is 0 Å². The van der Waals surface area contributed by atoms with Crippen LogP contribution in [0, 0.1) is 17.8 Å². The maximum Gasteiger partial charge on any atom is 0.312 e. The van der Waals surface area contributed by atoms with Gasteiger partial charge in [-0.1, -0.05) is 31.2 Å². The molecule has 2 aromatic rings. The van der Waals surface area contributed by atoms with E-state index in [-0.39, 0.29) is 31.7 Å². The Morgan fingerprint density at radius 2 is 2.11 bits per heavy atom. The molecule has 3 saturated heterocycles. The number of benzene rings is 1. The number of hydrogen-bond acceptors (Lipinski definition) is 8. The lowest BCUT2D eigenvalue weighted by atomic mass is 9.71. The Bertz CT molecular complexity index is 1170. The van der Waals surface area contributed by atoms with E-state index in [1.54, 1.807) is 11.6 Å². The van der Waals surface area contributed by atoms with E-state index in [1.807, 2.05) is 38.1 Å². The molecule has 3 aliphatic heterocycles. The number of esters is 1. The van der Waals surface area contributed by atoms with Crippen LogP contribution >= 0.6 is 0 Å². The molecule has 194 valence electrons. The van der Waals surface area contributed by atoms with Crippen LogP contribution in [0.4, 0.5) is 0 Å². The van der Waals surface area contributed by atoms with Gasteiger partial charge >= 0.3 is 5.97 Å². The second kappa shape index (κ2) is 9.44. The largest absolute Gasteiger partial charge is 0.466 e. The number of amides is 2. The topological polar surface area (TPSA) is 136 Å². The Hall–Kier alpha value is -3.05. The maximum absolute atomic E-state index is 13.9. The van der Waals surface area contributed by atoms with E-state index in [1.165, 1.54) is 4.90 Å². The lowest BCUT2D eigenvalue weighted by Gasteiger charge is -2.37. The Balaban J connectivity index is 1.48. The van der Waals surface area contributed by atoms with E-state index >= 15 is 0 Å². The number of hydrogen-bond donors (Lipinski definition) is 2. The molecule has 0 aliphatic carbocycles. The fourth-order valence-electron chi connectivity index (χ4n) is 6.39. The number of aliphatic hydroxyl groups excluding tert-OH is 1. The van der Waals surface area contributed by atoms with Crippen LogP contribution in [0.15, 0.2) is 24.3 Å². The number of ether oxygens (including phenoxy) is 2. The molecule has 1 aromatic heterocycles. The van der Waals surface area contributed by atoms with Crippen molar-refractivity contribution >= 4 is 28.8 Å². The second-order valence-electron chi connectivity index (χ2n) is 10.3. The molecule has 2 unspecified atom stereocenters. The summed E-state index contributed by atoms with van der Waals surface area (Å²) in [5.74, 6) is -2.61. The van der Waals surface area contributed by atoms with Gasteiger partial charge in [-0.2, -0.15) is 0 Å². The molecular weight excluding hydrogens is 466 g/mol. The van der Waals surface area contributed by atoms with Gasteiger partial charge in [0.05, 0.1) is 42.7 Å². The van der Waals surface area contributed by atoms with Gasteiger partial charge in [0.1, 0.15) is 23.8 Å². The van der Waals surface area contributed by atoms with Gasteiger partial charge in [0, 0.05) is 0 Å². The molecule has 2 amide bonds. The van der Waals surface area contributed by atoms with E-state index in [9.17, 15) is 19.5 Å². The van der Waals surface area contributed by atoms with Crippen LogP contribution in [0.3, 0.4) is 0 Å². The van der Waals surface area contributed by atoms with Gasteiger partial charge in [-0.3, -0.25) is 14.4 Å². The average Bonchev–Trinajstić information content (AvgIpc) is 3.60. The molecule has 5 rings (SSSR count). The molecule has 4 heterocycles. The summed E-state index contributed by atoms with van der Waals surface area (Å²) < 4.78 is 13.2. The first-order valence-electron chi connectivity index (χ1n) is 12.7. The predicted octanol–water partition coefficient (Wildman–Crippen LogP) is 0.850. The molecule has 3 aliphatic rings. The number of aliphatic hydroxyl groups is 1. The SMILES string of the molecule is CCOC(=O)[C@@H]1[C@@H]2CCC3(O2)C(C(=O)NCn2nnc4ccccc42)N([C@@H](CO)CC(C)C)C(=O)[C@H]13. The number of likely N-dealkylation sites (tertiary alicyclic amines) is 1. The van der Waals surface area contributed by atoms with Crippen molar-refractivity contribution in [2.24, 2.45) is 17.8 Å². The monoisotopic (exact) mass is 499 g/mol. The first kappa shape index (κ1) is 24.6. The summed E-state index contributed by atoms with van der Waals surface area (Å²) >= 11 is 0. The minimum Gasteiger partial charge on any atom is -0.466 e. The number of aromatic nitrogens is 3. The van der Waals surface area contributed by atoms with Gasteiger partial charge in [0.15, 0.2) is 0 Å². The normalized spacial score (nSPS) is 29.7. The summed E-state index contributed by atoms with van der Waals surface area (Å²) in [6.45, 7) is 5.67. The van der Waals surface area contributed by atoms with Crippen LogP contribution < -0.4 is 5.32 Å². The first-order valence-corrected chi connectivity index (χ1v) is 12.7. The van der Waals surface area contributed by atoms with Crippen molar-refractivity contribution in [1.82, 2.24) is 25.2 Å². The van der Waals surface area contributed by atoms with Crippen molar-refractivity contribution in [2.45, 2.75) is 70.5 Å². The zero-order valence-corrected chi connectivity index (χ0v) is 20.8. The molecule has 2 bridgehead atoms. The highest BCUT2D eigenvalue weighted by molar-refractivity contribution is 5.98. The van der Waals surface area contributed by atoms with Crippen molar-refractivity contribution in [2.75, 3.05) is 13.2 Å². The van der Waals surface area contributed by atoms with Gasteiger partial charge < -0.3 is 24.8 Å². The fraction of sp³-hybridized carbons (Fsp3) is 0.640. The molecule has 6 atom stereocenters. The second-order valence-corrected chi connectivity index (χ2v) is 10.3. The Morgan fingerprint density at radius 1 is 1.33 bits per heavy atom. The smallest absolute Gasteiger partial charge is 0.312 e. The van der Waals surface area contributed by atoms with Crippen LogP contribution in [-0.2, 0) is 30.5 Å². The molecule has 0 saturated carbocycles. The van der Waals surface area contributed by atoms with Gasteiger partial charge in [0.25, 0.3) is 0 Å². The molecule has 0 radical (unpaired) electrons. The van der Waals surface area contributed by atoms with E-state index in [0.29, 0.717) is 24.8 Å². The molecule has 2 N–H and O–H groups in total. The molecule has 11 nitrogen and oxygen atoms in total. The molecule has 1 aromatic carbocycles. The number of para-hydroxylation sites is 1. The fourth-order valence-corrected chi connectivity index (χ4v) is 6.39. The summed E-state index contributed by atoms with van der Waals surface area (Å²) in [7, 11) is 0. The third kappa shape index (κ3) is 3.76. The third-order valence-corrected chi connectivity index (χ3v) is 7.72. The highest BCUT2D eigenvalue weighted by atomic mass is 16.6. The van der Waals surface area contributed by atoms with Gasteiger partial charge in [-0.15, -0.1) is 5.10 Å². The van der Waals surface area contributed by atoms with Crippen LogP contribution in [0.1, 0.15) is 40.0 Å². The molecule has 1 spiro atoms. The Kier molecular flexibility index (Phi) is 6.46. The van der Waals surface area contributed by atoms with Crippen LogP contribution in [0.2, 0.25) is 0 Å². The summed E-state index contributed by atoms with van der Waals surface area (Å²) in [4.78, 5) is 42.1. The summed E-state index contributed by atoms with van der Waals surface area (Å²) in [5.41, 5.74) is 0.329. The van der Waals surface area contributed by atoms with Crippen molar-refractivity contribution in [3.8, 4) is 0 Å². The Morgan fingerprint density at radius 3 is 2.83 bits per heavy atom. The number of nitrogens with zero attached hydrogens (tertiary/aromatic N) is 4. The maximum atomic E-state index is 13.9. The lowest BCUT2D eigenvalue weighted by Crippen LogP contribution is -2.58. The van der Waals surface area contributed by atoms with Crippen LogP contribution in [-0.4, -0.2) is 79.8 Å². The summed E-state index contributed by atoms with van der Waals surface area (Å²) in [5, 5.41) is 21.4. The standard InChI is InChI=1S/C25H33N5O6/c1-4-35-24(34)19-18-9-10-25(36-18)20(19)23(33)30(15(12-31)11-14(2)3)21(25)22(32)26-13-29-17-8-6-5-7-16(17)27-28-29/h5-8,14-15,18-21,31H,4,9-13H2,1-3H3,(H,26,32)/t15-,18+,19-,20+,21?,25?/m1/s1. The van der Waals surface area contributed by atoms with Gasteiger partial charge in [-0.05, 0) is 44.2 Å². The molecule has 11 heteroatoms. The summed E-state index contributed by atoms with van der Waals surface area (Å²) in [6, 6.07) is 5.86. The van der Waals surface area contributed by atoms with E-state index in [4.69, 9.17) is 9.47 Å². The number of carbonyl (C=O) groups excluding carboxylic acids is 3. The van der Waals surface area contributed by atoms with Crippen molar-refractivity contribution < 1.29 is 29.0 Å². The number of carbonyl (C=O) groups is 3. The zero-order valence-electron chi connectivity index (χ0n) is 20.8. The minimum atomic E-state index is -1.14. The number of rotatable bonds is 9. The quantitative estimate of drug-likeness (QED) is 0.485. The highest BCUT2D eigenvalue weighted by Crippen LogP contribution is 2.59. The van der Waals surface area contributed by atoms with Crippen molar-refractivity contribution in [3.63, 3.8) is 0 Å². The van der Waals surface area contributed by atoms with Gasteiger partial charge in [0.2, 0.25) is 11.8 Å². The third-order valence-electron chi connectivity index (χ3n) is 7.72. The highest BCUT2D eigenvalue weighted by Gasteiger charge is 2.75. The lowest BCUT2D eigenvalue weighted by molar-refractivity contribution is -0.155. The molecule has 3 fully saturated rings. The first-order chi connectivity index (χ1) is 17.3. The van der Waals surface area contributed by atoms with Crippen LogP contribution in [0.5, 0.6) is 0 Å². The number of nitrogens with one attached hydrogen (secondary N) is 1. The van der Waals surface area contributed by atoms with E-state index in [0.717, 1.165) is 5.52 Å². The number of fused-ring (bicyclic) bond motifs is 2. The summed E-state index contributed by atoms with van der Waals surface area (Å²) in [6.07, 6.45) is 1.08. The van der Waals surface area contributed by atoms with E-state index < -0.39 is 47.5 Å². The van der Waals surface area contributed by atoms with E-state index in [2.05, 4.69) is 15.6 Å².